The standard InChI is InChI=1S/C73H120O6/c1-4-7-10-13-16-19-22-25-28-31-33-34-35-36-37-38-40-42-45-48-51-54-57-60-63-66-72(75)78-69-70(68-77-71(74)65-62-59-56-53-50-47-44-41-30-27-24-21-18-15-12-9-6-3)79-73(76)67-64-61-58-55-52-49-46-43-39-32-29-26-23-20-17-14-11-8-5-2/h7-8,10-11,16-17,19-20,25-26,28-29,33-34,36-37,39-40,42-43,48,51,70H,4-6,9,12-15,18,21-24,27,30-32,35,38,41,44-47,49-50,52-69H2,1-3H3/b10-7-,11-8-,19-16-,20-17-,28-25-,29-26-,34-33-,37-36-,42-40-,43-39-,51-48-. The molecule has 0 spiro atoms. The Bertz CT molecular complexity index is 1680. The second-order valence-corrected chi connectivity index (χ2v) is 21.3. The summed E-state index contributed by atoms with van der Waals surface area (Å²) in [6, 6.07) is 0. The van der Waals surface area contributed by atoms with E-state index >= 15 is 0 Å². The Labute approximate surface area is 487 Å². The fourth-order valence-corrected chi connectivity index (χ4v) is 8.83. The van der Waals surface area contributed by atoms with E-state index in [1.165, 1.54) is 103 Å². The van der Waals surface area contributed by atoms with Crippen molar-refractivity contribution in [3.63, 3.8) is 0 Å². The number of allylic oxidation sites excluding steroid dienone is 22. The molecule has 0 saturated heterocycles. The van der Waals surface area contributed by atoms with E-state index in [9.17, 15) is 14.4 Å². The highest BCUT2D eigenvalue weighted by Gasteiger charge is 2.19. The molecule has 0 radical (unpaired) electrons. The van der Waals surface area contributed by atoms with Crippen molar-refractivity contribution >= 4 is 17.9 Å². The molecule has 0 N–H and O–H groups in total. The first-order valence-electron chi connectivity index (χ1n) is 32.7. The van der Waals surface area contributed by atoms with Gasteiger partial charge in [-0.1, -0.05) is 289 Å². The number of unbranched alkanes of at least 4 members (excludes halogenated alkanes) is 25. The van der Waals surface area contributed by atoms with Gasteiger partial charge in [-0.3, -0.25) is 14.4 Å². The van der Waals surface area contributed by atoms with Crippen LogP contribution in [-0.2, 0) is 28.6 Å². The molecule has 0 aliphatic carbocycles. The van der Waals surface area contributed by atoms with Gasteiger partial charge in [-0.05, 0) is 116 Å². The van der Waals surface area contributed by atoms with E-state index in [-0.39, 0.29) is 31.1 Å². The molecular formula is C73H120O6. The van der Waals surface area contributed by atoms with Gasteiger partial charge in [0.2, 0.25) is 0 Å². The summed E-state index contributed by atoms with van der Waals surface area (Å²) in [6.07, 6.45) is 93.1. The third-order valence-electron chi connectivity index (χ3n) is 13.7. The molecule has 0 amide bonds. The smallest absolute Gasteiger partial charge is 0.306 e. The largest absolute Gasteiger partial charge is 0.462 e. The monoisotopic (exact) mass is 1090 g/mol. The van der Waals surface area contributed by atoms with Gasteiger partial charge in [0.15, 0.2) is 6.10 Å². The maximum Gasteiger partial charge on any atom is 0.306 e. The lowest BCUT2D eigenvalue weighted by Crippen LogP contribution is -2.30. The summed E-state index contributed by atoms with van der Waals surface area (Å²) >= 11 is 0. The zero-order chi connectivity index (χ0) is 57.1. The van der Waals surface area contributed by atoms with Crippen LogP contribution in [-0.4, -0.2) is 37.2 Å². The zero-order valence-electron chi connectivity index (χ0n) is 51.3. The molecule has 0 heterocycles. The topological polar surface area (TPSA) is 78.9 Å². The van der Waals surface area contributed by atoms with Crippen LogP contribution in [0.5, 0.6) is 0 Å². The van der Waals surface area contributed by atoms with Gasteiger partial charge in [-0.25, -0.2) is 0 Å². The average Bonchev–Trinajstić information content (AvgIpc) is 3.45. The third kappa shape index (κ3) is 64.3. The average molecular weight is 1090 g/mol. The summed E-state index contributed by atoms with van der Waals surface area (Å²) in [5.41, 5.74) is 0. The Morgan fingerprint density at radius 1 is 0.266 bits per heavy atom. The molecule has 0 bridgehead atoms. The summed E-state index contributed by atoms with van der Waals surface area (Å²) in [5.74, 6) is -0.939. The molecule has 448 valence electrons. The maximum atomic E-state index is 12.9. The number of esters is 3. The fourth-order valence-electron chi connectivity index (χ4n) is 8.83. The number of rotatable bonds is 58. The van der Waals surface area contributed by atoms with E-state index in [1.807, 2.05) is 0 Å². The van der Waals surface area contributed by atoms with Gasteiger partial charge < -0.3 is 14.2 Å². The predicted octanol–water partition coefficient (Wildman–Crippen LogP) is 22.5. The highest BCUT2D eigenvalue weighted by Crippen LogP contribution is 2.16. The number of carbonyl (C=O) groups is 3. The van der Waals surface area contributed by atoms with E-state index < -0.39 is 6.10 Å². The Morgan fingerprint density at radius 3 is 0.785 bits per heavy atom. The minimum Gasteiger partial charge on any atom is -0.462 e. The molecule has 1 atom stereocenters. The van der Waals surface area contributed by atoms with Gasteiger partial charge in [0.25, 0.3) is 0 Å². The van der Waals surface area contributed by atoms with Crippen molar-refractivity contribution in [2.45, 2.75) is 297 Å². The van der Waals surface area contributed by atoms with Crippen LogP contribution in [0.25, 0.3) is 0 Å². The molecule has 0 aromatic rings. The minimum absolute atomic E-state index is 0.0962. The number of carbonyl (C=O) groups excluding carboxylic acids is 3. The SMILES string of the molecule is CC/C=C\C/C=C\C/C=C\C/C=C\C/C=C\C/C=C\C/C=C\CCCCCC(=O)OCC(COC(=O)CCCCCCCCCCCCCCCCCCC)OC(=O)CCCCCCCC/C=C\C/C=C\C/C=C\C/C=C\CC. The summed E-state index contributed by atoms with van der Waals surface area (Å²) in [6.45, 7) is 6.40. The van der Waals surface area contributed by atoms with Crippen LogP contribution in [0.3, 0.4) is 0 Å². The molecule has 0 rings (SSSR count). The summed E-state index contributed by atoms with van der Waals surface area (Å²) in [5, 5.41) is 0. The molecule has 79 heavy (non-hydrogen) atoms. The Balaban J connectivity index is 4.48. The fraction of sp³-hybridized carbons (Fsp3) is 0.658. The van der Waals surface area contributed by atoms with Gasteiger partial charge in [-0.2, -0.15) is 0 Å². The van der Waals surface area contributed by atoms with Crippen LogP contribution >= 0.6 is 0 Å². The molecule has 6 heteroatoms. The van der Waals surface area contributed by atoms with Crippen LogP contribution in [0.15, 0.2) is 134 Å². The van der Waals surface area contributed by atoms with E-state index in [2.05, 4.69) is 154 Å². The Kier molecular flexibility index (Phi) is 62.3. The Morgan fingerprint density at radius 2 is 0.494 bits per heavy atom. The summed E-state index contributed by atoms with van der Waals surface area (Å²) < 4.78 is 16.9. The number of hydrogen-bond donors (Lipinski definition) is 0. The quantitative estimate of drug-likeness (QED) is 0.0261. The lowest BCUT2D eigenvalue weighted by atomic mass is 10.0. The molecular weight excluding hydrogens is 973 g/mol. The number of hydrogen-bond acceptors (Lipinski definition) is 6. The maximum absolute atomic E-state index is 12.9. The van der Waals surface area contributed by atoms with Crippen LogP contribution in [0, 0.1) is 0 Å². The second-order valence-electron chi connectivity index (χ2n) is 21.3. The van der Waals surface area contributed by atoms with Crippen molar-refractivity contribution in [1.29, 1.82) is 0 Å². The molecule has 0 aliphatic rings. The lowest BCUT2D eigenvalue weighted by Gasteiger charge is -2.18. The van der Waals surface area contributed by atoms with Gasteiger partial charge in [0.1, 0.15) is 13.2 Å². The van der Waals surface area contributed by atoms with Gasteiger partial charge in [0, 0.05) is 19.3 Å². The zero-order valence-corrected chi connectivity index (χ0v) is 51.3. The first kappa shape index (κ1) is 74.5. The molecule has 1 unspecified atom stereocenters. The van der Waals surface area contributed by atoms with Crippen molar-refractivity contribution in [2.24, 2.45) is 0 Å². The molecule has 0 aromatic carbocycles. The van der Waals surface area contributed by atoms with Crippen molar-refractivity contribution < 1.29 is 28.6 Å². The lowest BCUT2D eigenvalue weighted by molar-refractivity contribution is -0.167. The minimum atomic E-state index is -0.805. The third-order valence-corrected chi connectivity index (χ3v) is 13.7. The van der Waals surface area contributed by atoms with E-state index in [4.69, 9.17) is 14.2 Å². The first-order chi connectivity index (χ1) is 39.0. The first-order valence-corrected chi connectivity index (χ1v) is 32.7. The van der Waals surface area contributed by atoms with E-state index in [1.54, 1.807) is 0 Å². The molecule has 0 saturated carbocycles. The van der Waals surface area contributed by atoms with E-state index in [0.29, 0.717) is 19.3 Å². The van der Waals surface area contributed by atoms with Crippen molar-refractivity contribution in [2.75, 3.05) is 13.2 Å². The molecule has 0 aliphatic heterocycles. The van der Waals surface area contributed by atoms with Crippen molar-refractivity contribution in [3.05, 3.63) is 134 Å². The highest BCUT2D eigenvalue weighted by atomic mass is 16.6. The van der Waals surface area contributed by atoms with Crippen LogP contribution < -0.4 is 0 Å². The normalized spacial score (nSPS) is 13.0. The Hall–Kier alpha value is -4.45. The van der Waals surface area contributed by atoms with Gasteiger partial charge in [0.05, 0.1) is 0 Å². The van der Waals surface area contributed by atoms with Gasteiger partial charge >= 0.3 is 17.9 Å². The highest BCUT2D eigenvalue weighted by molar-refractivity contribution is 5.71. The van der Waals surface area contributed by atoms with Crippen LogP contribution in [0.2, 0.25) is 0 Å². The summed E-state index contributed by atoms with van der Waals surface area (Å²) in [7, 11) is 0. The van der Waals surface area contributed by atoms with Crippen LogP contribution in [0.4, 0.5) is 0 Å². The summed E-state index contributed by atoms with van der Waals surface area (Å²) in [4.78, 5) is 38.4. The number of ether oxygens (including phenoxy) is 3. The van der Waals surface area contributed by atoms with Gasteiger partial charge in [-0.15, -0.1) is 0 Å². The van der Waals surface area contributed by atoms with Crippen molar-refractivity contribution in [3.8, 4) is 0 Å². The second kappa shape index (κ2) is 66.1. The molecule has 0 aromatic heterocycles. The molecule has 6 nitrogen and oxygen atoms in total. The van der Waals surface area contributed by atoms with Crippen LogP contribution in [0.1, 0.15) is 290 Å². The van der Waals surface area contributed by atoms with Crippen molar-refractivity contribution in [1.82, 2.24) is 0 Å². The predicted molar refractivity (Wildman–Crippen MR) is 343 cm³/mol. The van der Waals surface area contributed by atoms with E-state index in [0.717, 1.165) is 148 Å². The molecule has 0 fully saturated rings.